The van der Waals surface area contributed by atoms with Gasteiger partial charge in [0.2, 0.25) is 0 Å². The molecule has 0 saturated heterocycles. The molecular formula is C26H30ClN3O5. The minimum Gasteiger partial charge on any atom is -0.491 e. The summed E-state index contributed by atoms with van der Waals surface area (Å²) in [6.07, 6.45) is 1.42. The smallest absolute Gasteiger partial charge is 0.330 e. The van der Waals surface area contributed by atoms with Crippen molar-refractivity contribution in [3.05, 3.63) is 97.3 Å². The molecular weight excluding hydrogens is 470 g/mol. The van der Waals surface area contributed by atoms with Gasteiger partial charge in [-0.15, -0.1) is 0 Å². The predicted octanol–water partition coefficient (Wildman–Crippen LogP) is 3.63. The standard InChI is InChI=1S/C26H30ClN3O5/c1-4-29(22(16-25(32)33)20-6-8-21(27)9-7-20)17-19-5-10-23(18(2)15-19)35-14-13-30-24(31)11-12-28(3)26(30)34/h5-12,15,22H,4,13-14,16-17H2,1-3H3,(H,32,33). The molecule has 8 nitrogen and oxygen atoms in total. The SMILES string of the molecule is CCN(Cc1ccc(OCCn2c(=O)ccn(C)c2=O)c(C)c1)C(CC(=O)O)c1ccc(Cl)cc1. The number of ether oxygens (including phenoxy) is 1. The van der Waals surface area contributed by atoms with Gasteiger partial charge in [0.25, 0.3) is 5.56 Å². The Morgan fingerprint density at radius 2 is 1.86 bits per heavy atom. The van der Waals surface area contributed by atoms with Gasteiger partial charge >= 0.3 is 11.7 Å². The quantitative estimate of drug-likeness (QED) is 0.433. The average Bonchev–Trinajstić information content (AvgIpc) is 2.82. The van der Waals surface area contributed by atoms with Crippen LogP contribution < -0.4 is 16.0 Å². The van der Waals surface area contributed by atoms with Crippen LogP contribution in [0.5, 0.6) is 5.75 Å². The molecule has 3 rings (SSSR count). The average molecular weight is 500 g/mol. The maximum Gasteiger partial charge on any atom is 0.330 e. The van der Waals surface area contributed by atoms with Gasteiger partial charge in [0.15, 0.2) is 0 Å². The van der Waals surface area contributed by atoms with E-state index < -0.39 is 5.97 Å². The largest absolute Gasteiger partial charge is 0.491 e. The molecule has 0 aliphatic carbocycles. The number of hydrogen-bond acceptors (Lipinski definition) is 5. The third kappa shape index (κ3) is 6.83. The van der Waals surface area contributed by atoms with Crippen LogP contribution in [0.3, 0.4) is 0 Å². The van der Waals surface area contributed by atoms with Gasteiger partial charge in [-0.25, -0.2) is 4.79 Å². The van der Waals surface area contributed by atoms with Gasteiger partial charge in [-0.2, -0.15) is 0 Å². The monoisotopic (exact) mass is 499 g/mol. The van der Waals surface area contributed by atoms with E-state index in [2.05, 4.69) is 4.90 Å². The molecule has 186 valence electrons. The Kier molecular flexibility index (Phi) is 8.89. The second kappa shape index (κ2) is 11.9. The summed E-state index contributed by atoms with van der Waals surface area (Å²) < 4.78 is 8.34. The lowest BCUT2D eigenvalue weighted by atomic mass is 10.0. The molecule has 0 aliphatic heterocycles. The number of benzene rings is 2. The molecule has 9 heteroatoms. The molecule has 0 spiro atoms. The maximum absolute atomic E-state index is 12.1. The van der Waals surface area contributed by atoms with Crippen LogP contribution in [0, 0.1) is 6.92 Å². The van der Waals surface area contributed by atoms with Gasteiger partial charge in [-0.1, -0.05) is 42.8 Å². The zero-order valence-electron chi connectivity index (χ0n) is 20.1. The lowest BCUT2D eigenvalue weighted by Gasteiger charge is -2.30. The van der Waals surface area contributed by atoms with E-state index in [-0.39, 0.29) is 36.9 Å². The molecule has 2 aromatic carbocycles. The van der Waals surface area contributed by atoms with Crippen LogP contribution in [0.15, 0.2) is 64.3 Å². The summed E-state index contributed by atoms with van der Waals surface area (Å²) in [5, 5.41) is 10.1. The Morgan fingerprint density at radius 1 is 1.14 bits per heavy atom. The van der Waals surface area contributed by atoms with Crippen LogP contribution in [0.1, 0.15) is 36.1 Å². The number of aliphatic carboxylic acids is 1. The topological polar surface area (TPSA) is 93.8 Å². The first-order valence-electron chi connectivity index (χ1n) is 11.4. The zero-order chi connectivity index (χ0) is 25.5. The molecule has 0 amide bonds. The molecule has 0 saturated carbocycles. The van der Waals surface area contributed by atoms with Crippen molar-refractivity contribution in [2.45, 2.75) is 39.4 Å². The van der Waals surface area contributed by atoms with Crippen molar-refractivity contribution in [3.63, 3.8) is 0 Å². The predicted molar refractivity (Wildman–Crippen MR) is 135 cm³/mol. The summed E-state index contributed by atoms with van der Waals surface area (Å²) >= 11 is 6.02. The maximum atomic E-state index is 12.1. The van der Waals surface area contributed by atoms with Crippen molar-refractivity contribution in [1.82, 2.24) is 14.0 Å². The summed E-state index contributed by atoms with van der Waals surface area (Å²) in [6, 6.07) is 14.1. The van der Waals surface area contributed by atoms with Crippen molar-refractivity contribution in [3.8, 4) is 5.75 Å². The van der Waals surface area contributed by atoms with Gasteiger partial charge < -0.3 is 14.4 Å². The van der Waals surface area contributed by atoms with Crippen LogP contribution >= 0.6 is 11.6 Å². The molecule has 1 unspecified atom stereocenters. The number of carbonyl (C=O) groups is 1. The van der Waals surface area contributed by atoms with Gasteiger partial charge in [0.05, 0.1) is 13.0 Å². The van der Waals surface area contributed by atoms with E-state index in [9.17, 15) is 19.5 Å². The second-order valence-electron chi connectivity index (χ2n) is 8.38. The number of nitrogens with zero attached hydrogens (tertiary/aromatic N) is 3. The molecule has 1 aromatic heterocycles. The van der Waals surface area contributed by atoms with Gasteiger partial charge in [0.1, 0.15) is 12.4 Å². The highest BCUT2D eigenvalue weighted by Crippen LogP contribution is 2.28. The number of carboxylic acids is 1. The number of hydrogen-bond donors (Lipinski definition) is 1. The Hall–Kier alpha value is -3.36. The molecule has 1 heterocycles. The fraction of sp³-hybridized carbons (Fsp3) is 0.346. The lowest BCUT2D eigenvalue weighted by molar-refractivity contribution is -0.138. The Labute approximate surface area is 209 Å². The number of halogens is 1. The molecule has 35 heavy (non-hydrogen) atoms. The van der Waals surface area contributed by atoms with Crippen molar-refractivity contribution in [2.24, 2.45) is 7.05 Å². The van der Waals surface area contributed by atoms with E-state index in [1.165, 1.54) is 16.8 Å². The van der Waals surface area contributed by atoms with Crippen LogP contribution in [-0.2, 0) is 24.9 Å². The summed E-state index contributed by atoms with van der Waals surface area (Å²) in [6.45, 7) is 5.49. The van der Waals surface area contributed by atoms with Crippen molar-refractivity contribution >= 4 is 17.6 Å². The van der Waals surface area contributed by atoms with E-state index in [0.717, 1.165) is 21.3 Å². The van der Waals surface area contributed by atoms with Gasteiger partial charge in [-0.3, -0.25) is 19.1 Å². The third-order valence-electron chi connectivity index (χ3n) is 5.91. The Balaban J connectivity index is 1.71. The number of carboxylic acid groups (broad SMARTS) is 1. The van der Waals surface area contributed by atoms with Crippen LogP contribution in [0.25, 0.3) is 0 Å². The van der Waals surface area contributed by atoms with E-state index >= 15 is 0 Å². The van der Waals surface area contributed by atoms with E-state index in [0.29, 0.717) is 23.9 Å². The van der Waals surface area contributed by atoms with E-state index in [4.69, 9.17) is 16.3 Å². The molecule has 0 aliphatic rings. The van der Waals surface area contributed by atoms with E-state index in [1.54, 1.807) is 19.2 Å². The molecule has 0 fully saturated rings. The number of aryl methyl sites for hydroxylation is 2. The fourth-order valence-corrected chi connectivity index (χ4v) is 4.15. The van der Waals surface area contributed by atoms with E-state index in [1.807, 2.05) is 44.2 Å². The molecule has 1 atom stereocenters. The second-order valence-corrected chi connectivity index (χ2v) is 8.81. The van der Waals surface area contributed by atoms with Gasteiger partial charge in [0, 0.05) is 36.9 Å². The molecule has 0 bridgehead atoms. The minimum absolute atomic E-state index is 0.0199. The van der Waals surface area contributed by atoms with Crippen LogP contribution in [0.4, 0.5) is 0 Å². The number of aromatic nitrogens is 2. The third-order valence-corrected chi connectivity index (χ3v) is 6.16. The first-order chi connectivity index (χ1) is 16.7. The number of rotatable bonds is 11. The summed E-state index contributed by atoms with van der Waals surface area (Å²) in [5.74, 6) is -0.201. The Bertz CT molecular complexity index is 1280. The highest BCUT2D eigenvalue weighted by molar-refractivity contribution is 6.30. The lowest BCUT2D eigenvalue weighted by Crippen LogP contribution is -2.39. The zero-order valence-corrected chi connectivity index (χ0v) is 20.9. The normalized spacial score (nSPS) is 12.0. The molecule has 1 N–H and O–H groups in total. The van der Waals surface area contributed by atoms with Gasteiger partial charge in [-0.05, 0) is 48.4 Å². The van der Waals surface area contributed by atoms with Crippen molar-refractivity contribution < 1.29 is 14.6 Å². The highest BCUT2D eigenvalue weighted by Gasteiger charge is 2.22. The minimum atomic E-state index is -0.865. The van der Waals surface area contributed by atoms with Crippen LogP contribution in [-0.4, -0.2) is 38.3 Å². The summed E-state index contributed by atoms with van der Waals surface area (Å²) in [5.41, 5.74) is 2.09. The Morgan fingerprint density at radius 3 is 2.49 bits per heavy atom. The summed E-state index contributed by atoms with van der Waals surface area (Å²) in [4.78, 5) is 37.8. The van der Waals surface area contributed by atoms with Crippen LogP contribution in [0.2, 0.25) is 5.02 Å². The molecule has 0 radical (unpaired) electrons. The first kappa shape index (κ1) is 26.2. The van der Waals surface area contributed by atoms with Crippen molar-refractivity contribution in [2.75, 3.05) is 13.2 Å². The van der Waals surface area contributed by atoms with Crippen molar-refractivity contribution in [1.29, 1.82) is 0 Å². The highest BCUT2D eigenvalue weighted by atomic mass is 35.5. The summed E-state index contributed by atoms with van der Waals surface area (Å²) in [7, 11) is 1.59. The molecule has 3 aromatic rings. The fourth-order valence-electron chi connectivity index (χ4n) is 4.02. The first-order valence-corrected chi connectivity index (χ1v) is 11.8.